The predicted octanol–water partition coefficient (Wildman–Crippen LogP) is 4.08. The van der Waals surface area contributed by atoms with Crippen LogP contribution in [0.1, 0.15) is 28.3 Å². The summed E-state index contributed by atoms with van der Waals surface area (Å²) in [6.45, 7) is 2.94. The van der Waals surface area contributed by atoms with E-state index in [9.17, 15) is 0 Å². The average Bonchev–Trinajstić information content (AvgIpc) is 3.22. The lowest BCUT2D eigenvalue weighted by Crippen LogP contribution is -2.02. The van der Waals surface area contributed by atoms with Gasteiger partial charge >= 0.3 is 0 Å². The van der Waals surface area contributed by atoms with Crippen molar-refractivity contribution in [3.8, 4) is 22.9 Å². The number of methoxy groups -OCH3 is 1. The first-order valence-electron chi connectivity index (χ1n) is 8.39. The first-order valence-corrected chi connectivity index (χ1v) is 8.39. The van der Waals surface area contributed by atoms with Gasteiger partial charge in [-0.3, -0.25) is 4.68 Å². The Balaban J connectivity index is 1.67. The number of hydrogen-bond acceptors (Lipinski definition) is 3. The number of aromatic nitrogens is 2. The number of hydrogen-bond donors (Lipinski definition) is 0. The molecule has 1 aliphatic heterocycles. The zero-order chi connectivity index (χ0) is 17.4. The number of aryl methyl sites for hydroxylation is 1. The molecule has 2 heterocycles. The normalized spacial score (nSPS) is 15.6. The number of ether oxygens (including phenoxy) is 1. The average molecular weight is 329 g/mol. The maximum atomic E-state index is 9.07. The summed E-state index contributed by atoms with van der Waals surface area (Å²) < 4.78 is 7.46. The van der Waals surface area contributed by atoms with Crippen LogP contribution in [0.4, 0.5) is 0 Å². The Morgan fingerprint density at radius 3 is 2.84 bits per heavy atom. The Hall–Kier alpha value is -3.06. The summed E-state index contributed by atoms with van der Waals surface area (Å²) in [6, 6.07) is 16.3. The summed E-state index contributed by atoms with van der Waals surface area (Å²) in [5, 5.41) is 13.7. The molecule has 0 radical (unpaired) electrons. The molecular weight excluding hydrogens is 310 g/mol. The number of nitrogens with zero attached hydrogens (tertiary/aromatic N) is 3. The Labute approximate surface area is 147 Å². The molecule has 4 rings (SSSR count). The molecule has 4 nitrogen and oxygen atoms in total. The fourth-order valence-corrected chi connectivity index (χ4v) is 3.67. The van der Waals surface area contributed by atoms with Crippen molar-refractivity contribution in [3.63, 3.8) is 0 Å². The van der Waals surface area contributed by atoms with Crippen LogP contribution in [0.3, 0.4) is 0 Å². The molecule has 25 heavy (non-hydrogen) atoms. The molecule has 0 saturated heterocycles. The van der Waals surface area contributed by atoms with Gasteiger partial charge in [-0.05, 0) is 54.3 Å². The van der Waals surface area contributed by atoms with Crippen LogP contribution in [-0.2, 0) is 13.0 Å². The van der Waals surface area contributed by atoms with E-state index in [1.165, 1.54) is 16.8 Å². The van der Waals surface area contributed by atoms with Gasteiger partial charge in [-0.2, -0.15) is 10.4 Å². The van der Waals surface area contributed by atoms with Gasteiger partial charge in [-0.25, -0.2) is 0 Å². The highest BCUT2D eigenvalue weighted by molar-refractivity contribution is 5.70. The van der Waals surface area contributed by atoms with E-state index in [0.29, 0.717) is 11.5 Å². The molecule has 1 aromatic heterocycles. The molecule has 0 saturated carbocycles. The molecule has 0 amide bonds. The van der Waals surface area contributed by atoms with E-state index in [1.54, 1.807) is 7.11 Å². The first-order chi connectivity index (χ1) is 12.2. The third-order valence-corrected chi connectivity index (χ3v) is 4.99. The largest absolute Gasteiger partial charge is 0.497 e. The van der Waals surface area contributed by atoms with Crippen molar-refractivity contribution in [2.75, 3.05) is 7.11 Å². The minimum absolute atomic E-state index is 0.413. The maximum absolute atomic E-state index is 9.07. The Bertz CT molecular complexity index is 981. The Morgan fingerprint density at radius 1 is 1.20 bits per heavy atom. The second-order valence-electron chi connectivity index (χ2n) is 6.51. The smallest absolute Gasteiger partial charge is 0.119 e. The zero-order valence-electron chi connectivity index (χ0n) is 14.4. The Kier molecular flexibility index (Phi) is 3.77. The van der Waals surface area contributed by atoms with Crippen LogP contribution in [0.25, 0.3) is 11.1 Å². The maximum Gasteiger partial charge on any atom is 0.119 e. The molecule has 0 N–H and O–H groups in total. The van der Waals surface area contributed by atoms with Crippen molar-refractivity contribution >= 4 is 0 Å². The quantitative estimate of drug-likeness (QED) is 0.727. The van der Waals surface area contributed by atoms with Gasteiger partial charge in [0.2, 0.25) is 0 Å². The molecule has 1 aliphatic rings. The summed E-state index contributed by atoms with van der Waals surface area (Å²) >= 11 is 0. The van der Waals surface area contributed by atoms with E-state index in [2.05, 4.69) is 34.9 Å². The number of benzene rings is 2. The number of nitriles is 1. The standard InChI is InChI=1S/C21H19N3O/c1-14-8-15(11-22)6-7-19(14)20-12-23-24-13-17(10-21(20)24)16-4-3-5-18(9-16)25-2/h3-9,12,17H,10,13H2,1-2H3. The van der Waals surface area contributed by atoms with E-state index in [4.69, 9.17) is 10.00 Å². The van der Waals surface area contributed by atoms with Gasteiger partial charge in [0.05, 0.1) is 24.9 Å². The molecule has 1 unspecified atom stereocenters. The lowest BCUT2D eigenvalue weighted by molar-refractivity contribution is 0.413. The molecule has 1 atom stereocenters. The zero-order valence-corrected chi connectivity index (χ0v) is 14.4. The van der Waals surface area contributed by atoms with Gasteiger partial charge in [-0.1, -0.05) is 18.2 Å². The van der Waals surface area contributed by atoms with E-state index in [1.807, 2.05) is 36.5 Å². The lowest BCUT2D eigenvalue weighted by Gasteiger charge is -2.11. The molecule has 4 heteroatoms. The molecule has 0 spiro atoms. The molecule has 0 bridgehead atoms. The highest BCUT2D eigenvalue weighted by Gasteiger charge is 2.27. The van der Waals surface area contributed by atoms with Gasteiger partial charge in [-0.15, -0.1) is 0 Å². The van der Waals surface area contributed by atoms with Crippen molar-refractivity contribution in [2.45, 2.75) is 25.8 Å². The van der Waals surface area contributed by atoms with Crippen molar-refractivity contribution in [1.82, 2.24) is 9.78 Å². The highest BCUT2D eigenvalue weighted by atomic mass is 16.5. The molecule has 2 aromatic carbocycles. The van der Waals surface area contributed by atoms with Crippen LogP contribution in [0, 0.1) is 18.3 Å². The minimum atomic E-state index is 0.413. The Morgan fingerprint density at radius 2 is 2.08 bits per heavy atom. The topological polar surface area (TPSA) is 50.8 Å². The van der Waals surface area contributed by atoms with Crippen molar-refractivity contribution < 1.29 is 4.74 Å². The summed E-state index contributed by atoms with van der Waals surface area (Å²) in [4.78, 5) is 0. The summed E-state index contributed by atoms with van der Waals surface area (Å²) in [5.41, 5.74) is 6.69. The van der Waals surface area contributed by atoms with Crippen LogP contribution in [0.15, 0.2) is 48.7 Å². The van der Waals surface area contributed by atoms with Crippen LogP contribution in [-0.4, -0.2) is 16.9 Å². The van der Waals surface area contributed by atoms with Crippen LogP contribution >= 0.6 is 0 Å². The molecule has 0 aliphatic carbocycles. The van der Waals surface area contributed by atoms with Crippen molar-refractivity contribution in [2.24, 2.45) is 0 Å². The van der Waals surface area contributed by atoms with Gasteiger partial charge < -0.3 is 4.74 Å². The fourth-order valence-electron chi connectivity index (χ4n) is 3.67. The number of rotatable bonds is 3. The molecule has 3 aromatic rings. The first kappa shape index (κ1) is 15.5. The van der Waals surface area contributed by atoms with E-state index >= 15 is 0 Å². The van der Waals surface area contributed by atoms with Gasteiger partial charge in [0.1, 0.15) is 5.75 Å². The molecule has 124 valence electrons. The van der Waals surface area contributed by atoms with Crippen LogP contribution in [0.5, 0.6) is 5.75 Å². The monoisotopic (exact) mass is 329 g/mol. The van der Waals surface area contributed by atoms with Crippen molar-refractivity contribution in [1.29, 1.82) is 5.26 Å². The molecule has 0 fully saturated rings. The molecular formula is C21H19N3O. The predicted molar refractivity (Wildman–Crippen MR) is 96.6 cm³/mol. The van der Waals surface area contributed by atoms with Crippen molar-refractivity contribution in [3.05, 3.63) is 71.0 Å². The summed E-state index contributed by atoms with van der Waals surface area (Å²) in [7, 11) is 1.70. The van der Waals surface area contributed by atoms with Crippen LogP contribution < -0.4 is 4.74 Å². The summed E-state index contributed by atoms with van der Waals surface area (Å²) in [5.74, 6) is 1.31. The van der Waals surface area contributed by atoms with Gasteiger partial charge in [0.15, 0.2) is 0 Å². The fraction of sp³-hybridized carbons (Fsp3) is 0.238. The third kappa shape index (κ3) is 2.68. The van der Waals surface area contributed by atoms with E-state index < -0.39 is 0 Å². The number of fused-ring (bicyclic) bond motifs is 1. The lowest BCUT2D eigenvalue weighted by atomic mass is 9.93. The SMILES string of the molecule is COc1cccc(C2Cc3c(-c4ccc(C#N)cc4C)cnn3C2)c1. The minimum Gasteiger partial charge on any atom is -0.497 e. The highest BCUT2D eigenvalue weighted by Crippen LogP contribution is 2.37. The second-order valence-corrected chi connectivity index (χ2v) is 6.51. The van der Waals surface area contributed by atoms with E-state index in [0.717, 1.165) is 29.8 Å². The van der Waals surface area contributed by atoms with Gasteiger partial charge in [0.25, 0.3) is 0 Å². The summed E-state index contributed by atoms with van der Waals surface area (Å²) in [6.07, 6.45) is 2.91. The van der Waals surface area contributed by atoms with Gasteiger partial charge in [0, 0.05) is 23.7 Å². The van der Waals surface area contributed by atoms with E-state index in [-0.39, 0.29) is 0 Å². The van der Waals surface area contributed by atoms with Crippen LogP contribution in [0.2, 0.25) is 0 Å². The third-order valence-electron chi connectivity index (χ3n) is 4.99. The second kappa shape index (κ2) is 6.10.